The van der Waals surface area contributed by atoms with E-state index in [4.69, 9.17) is 33.0 Å². The Balaban J connectivity index is 0.000000317. The van der Waals surface area contributed by atoms with Gasteiger partial charge < -0.3 is 14.9 Å². The highest BCUT2D eigenvalue weighted by atomic mass is 35.5. The number of non-ortho nitro benzene ring substituents is 1. The molecule has 0 aliphatic heterocycles. The first-order valence-corrected chi connectivity index (χ1v) is 12.2. The molecule has 0 radical (unpaired) electrons. The summed E-state index contributed by atoms with van der Waals surface area (Å²) < 4.78 is 5.24. The summed E-state index contributed by atoms with van der Waals surface area (Å²) in [6.07, 6.45) is 0. The lowest BCUT2D eigenvalue weighted by Crippen LogP contribution is -2.18. The van der Waals surface area contributed by atoms with Gasteiger partial charge in [-0.3, -0.25) is 40.0 Å². The Hall–Kier alpha value is -4.53. The first kappa shape index (κ1) is 32.7. The van der Waals surface area contributed by atoms with Crippen molar-refractivity contribution >= 4 is 46.2 Å². The number of hydrogen-bond acceptors (Lipinski definition) is 11. The number of hydrogen-bond donors (Lipinski definition) is 2. The first-order chi connectivity index (χ1) is 19.0. The van der Waals surface area contributed by atoms with Gasteiger partial charge in [0, 0.05) is 36.2 Å². The van der Waals surface area contributed by atoms with Crippen LogP contribution in [0.3, 0.4) is 0 Å². The van der Waals surface area contributed by atoms with E-state index in [1.54, 1.807) is 12.1 Å². The van der Waals surface area contributed by atoms with E-state index >= 15 is 0 Å². The van der Waals surface area contributed by atoms with Crippen LogP contribution in [0.1, 0.15) is 29.2 Å². The average molecular weight is 611 g/mol. The number of carbonyl (C=O) groups excluding carboxylic acids is 1. The van der Waals surface area contributed by atoms with Crippen molar-refractivity contribution in [3.8, 4) is 17.2 Å². The maximum absolute atomic E-state index is 11.3. The fourth-order valence-electron chi connectivity index (χ4n) is 3.77. The number of nitro benzene ring substituents is 3. The van der Waals surface area contributed by atoms with E-state index in [2.05, 4.69) is 0 Å². The van der Waals surface area contributed by atoms with Crippen molar-refractivity contribution in [1.29, 1.82) is 0 Å². The fraction of sp³-hybridized carbons (Fsp3) is 0.240. The molecule has 0 spiro atoms. The average Bonchev–Trinajstić information content (AvgIpc) is 2.84. The molecule has 0 aromatic heterocycles. The van der Waals surface area contributed by atoms with Crippen LogP contribution in [0, 0.1) is 44.2 Å². The van der Waals surface area contributed by atoms with Gasteiger partial charge in [0.15, 0.2) is 5.75 Å². The van der Waals surface area contributed by atoms with Crippen molar-refractivity contribution in [3.05, 3.63) is 99.0 Å². The minimum atomic E-state index is -1.21. The van der Waals surface area contributed by atoms with E-state index in [1.807, 2.05) is 37.9 Å². The van der Waals surface area contributed by atoms with Crippen LogP contribution < -0.4 is 4.74 Å². The lowest BCUT2D eigenvalue weighted by Gasteiger charge is -2.20. The Morgan fingerprint density at radius 2 is 1.39 bits per heavy atom. The van der Waals surface area contributed by atoms with Gasteiger partial charge in [-0.2, -0.15) is 0 Å². The van der Waals surface area contributed by atoms with Crippen LogP contribution in [-0.2, 0) is 17.9 Å². The SMILES string of the molecule is CC(=O)Oc1c(Cl)cc(Cl)cc1CN(C)Cc1cc(C)cc(C)c1O.O=[N+]([O-])c1cc([N+](=O)[O-])c(O)c([N+](=O)[O-])c1. The van der Waals surface area contributed by atoms with E-state index in [0.29, 0.717) is 52.3 Å². The molecule has 3 aromatic carbocycles. The molecule has 218 valence electrons. The van der Waals surface area contributed by atoms with Gasteiger partial charge in [0.25, 0.3) is 11.4 Å². The van der Waals surface area contributed by atoms with Crippen LogP contribution in [-0.4, -0.2) is 42.9 Å². The monoisotopic (exact) mass is 610 g/mol. The fourth-order valence-corrected chi connectivity index (χ4v) is 4.34. The number of aromatic hydroxyl groups is 2. The molecule has 0 aliphatic carbocycles. The number of benzene rings is 3. The van der Waals surface area contributed by atoms with Gasteiger partial charge >= 0.3 is 17.3 Å². The smallest absolute Gasteiger partial charge is 0.324 e. The zero-order chi connectivity index (χ0) is 31.2. The lowest BCUT2D eigenvalue weighted by atomic mass is 10.0. The largest absolute Gasteiger partial charge is 0.507 e. The maximum Gasteiger partial charge on any atom is 0.324 e. The summed E-state index contributed by atoms with van der Waals surface area (Å²) in [6.45, 7) is 6.17. The highest BCUT2D eigenvalue weighted by Crippen LogP contribution is 2.39. The number of rotatable bonds is 8. The molecule has 41 heavy (non-hydrogen) atoms. The van der Waals surface area contributed by atoms with Crippen LogP contribution in [0.15, 0.2) is 36.4 Å². The van der Waals surface area contributed by atoms with Crippen molar-refractivity contribution in [2.75, 3.05) is 7.05 Å². The molecule has 0 aliphatic rings. The van der Waals surface area contributed by atoms with Gasteiger partial charge in [0.05, 0.1) is 31.9 Å². The Morgan fingerprint density at radius 1 is 0.854 bits per heavy atom. The Kier molecular flexibility index (Phi) is 10.9. The van der Waals surface area contributed by atoms with E-state index < -0.39 is 43.6 Å². The Labute approximate surface area is 242 Å². The topological polar surface area (TPSA) is 199 Å². The molecule has 16 heteroatoms. The molecule has 0 atom stereocenters. The van der Waals surface area contributed by atoms with Crippen molar-refractivity contribution in [2.45, 2.75) is 33.9 Å². The summed E-state index contributed by atoms with van der Waals surface area (Å²) in [5.41, 5.74) is 0.471. The van der Waals surface area contributed by atoms with Gasteiger partial charge in [-0.25, -0.2) is 0 Å². The molecule has 0 unspecified atom stereocenters. The van der Waals surface area contributed by atoms with Crippen molar-refractivity contribution in [2.24, 2.45) is 0 Å². The number of nitro groups is 3. The number of ether oxygens (including phenoxy) is 1. The number of carbonyl (C=O) groups is 1. The van der Waals surface area contributed by atoms with Gasteiger partial charge in [-0.15, -0.1) is 0 Å². The number of halogens is 2. The second kappa shape index (κ2) is 13.7. The zero-order valence-electron chi connectivity index (χ0n) is 22.1. The summed E-state index contributed by atoms with van der Waals surface area (Å²) in [7, 11) is 1.91. The molecule has 0 saturated heterocycles. The molecule has 0 amide bonds. The molecule has 2 N–H and O–H groups in total. The first-order valence-electron chi connectivity index (χ1n) is 11.5. The molecule has 0 heterocycles. The van der Waals surface area contributed by atoms with Gasteiger partial charge in [-0.05, 0) is 38.6 Å². The van der Waals surface area contributed by atoms with Gasteiger partial charge in [0.2, 0.25) is 0 Å². The van der Waals surface area contributed by atoms with Crippen molar-refractivity contribution in [1.82, 2.24) is 4.90 Å². The summed E-state index contributed by atoms with van der Waals surface area (Å²) in [4.78, 5) is 41.1. The highest BCUT2D eigenvalue weighted by molar-refractivity contribution is 6.35. The normalized spacial score (nSPS) is 10.5. The minimum absolute atomic E-state index is 0.292. The second-order valence-corrected chi connectivity index (χ2v) is 9.68. The van der Waals surface area contributed by atoms with Gasteiger partial charge in [0.1, 0.15) is 5.75 Å². The molecular weight excluding hydrogens is 587 g/mol. The van der Waals surface area contributed by atoms with Crippen molar-refractivity contribution in [3.63, 3.8) is 0 Å². The van der Waals surface area contributed by atoms with Crippen LogP contribution in [0.5, 0.6) is 17.2 Å². The summed E-state index contributed by atoms with van der Waals surface area (Å²) in [6, 6.07) is 8.06. The van der Waals surface area contributed by atoms with Gasteiger partial charge in [-0.1, -0.05) is 40.9 Å². The maximum atomic E-state index is 11.3. The number of phenols is 2. The number of aryl methyl sites for hydroxylation is 2. The third kappa shape index (κ3) is 8.73. The molecule has 3 rings (SSSR count). The third-order valence-electron chi connectivity index (χ3n) is 5.39. The predicted molar refractivity (Wildman–Crippen MR) is 149 cm³/mol. The quantitative estimate of drug-likeness (QED) is 0.131. The zero-order valence-corrected chi connectivity index (χ0v) is 23.6. The molecule has 0 saturated carbocycles. The summed E-state index contributed by atoms with van der Waals surface area (Å²) >= 11 is 12.3. The van der Waals surface area contributed by atoms with Crippen LogP contribution in [0.2, 0.25) is 10.0 Å². The minimum Gasteiger partial charge on any atom is -0.507 e. The van der Waals surface area contributed by atoms with E-state index in [9.17, 15) is 40.2 Å². The van der Waals surface area contributed by atoms with Crippen molar-refractivity contribution < 1.29 is 34.5 Å². The molecule has 14 nitrogen and oxygen atoms in total. The molecular formula is C25H24Cl2N4O10. The van der Waals surface area contributed by atoms with E-state index in [0.717, 1.165) is 16.7 Å². The number of phenolic OH excluding ortho intramolecular Hbond substituents is 2. The highest BCUT2D eigenvalue weighted by Gasteiger charge is 2.30. The number of nitrogens with zero attached hydrogens (tertiary/aromatic N) is 4. The second-order valence-electron chi connectivity index (χ2n) is 8.84. The Morgan fingerprint density at radius 3 is 1.88 bits per heavy atom. The summed E-state index contributed by atoms with van der Waals surface area (Å²) in [5.74, 6) is -1.04. The third-order valence-corrected chi connectivity index (χ3v) is 5.89. The van der Waals surface area contributed by atoms with Crippen LogP contribution in [0.4, 0.5) is 17.1 Å². The molecule has 0 fully saturated rings. The molecule has 0 bridgehead atoms. The predicted octanol–water partition coefficient (Wildman–Crippen LogP) is 5.99. The Bertz CT molecular complexity index is 1500. The van der Waals surface area contributed by atoms with E-state index in [-0.39, 0.29) is 0 Å². The standard InChI is InChI=1S/C19H21Cl2NO3.C6H3N3O7/c1-11-5-12(2)18(24)14(6-11)9-22(4)10-15-7-16(20)8-17(21)19(15)25-13(3)23;10-6-4(8(13)14)1-3(7(11)12)2-5(6)9(15)16/h5-8,24H,9-10H2,1-4H3;1-2,10H. The summed E-state index contributed by atoms with van der Waals surface area (Å²) in [5, 5.41) is 51.2. The molecule has 3 aromatic rings. The lowest BCUT2D eigenvalue weighted by molar-refractivity contribution is -0.404. The van der Waals surface area contributed by atoms with Crippen LogP contribution >= 0.6 is 23.2 Å². The van der Waals surface area contributed by atoms with Crippen LogP contribution in [0.25, 0.3) is 0 Å². The number of esters is 1. The van der Waals surface area contributed by atoms with E-state index in [1.165, 1.54) is 6.92 Å².